The summed E-state index contributed by atoms with van der Waals surface area (Å²) in [6.07, 6.45) is -4.87. The summed E-state index contributed by atoms with van der Waals surface area (Å²) in [6, 6.07) is 3.96. The maximum Gasteiger partial charge on any atom is 0.435 e. The molecule has 0 aliphatic rings. The number of aromatic nitrogens is 1. The first-order valence-electron chi connectivity index (χ1n) is 6.65. The van der Waals surface area contributed by atoms with Gasteiger partial charge in [0.25, 0.3) is 5.91 Å². The predicted octanol–water partition coefficient (Wildman–Crippen LogP) is 4.90. The molecule has 0 spiro atoms. The van der Waals surface area contributed by atoms with Gasteiger partial charge in [0, 0.05) is 5.56 Å². The highest BCUT2D eigenvalue weighted by Crippen LogP contribution is 2.36. The summed E-state index contributed by atoms with van der Waals surface area (Å²) < 4.78 is 43.6. The highest BCUT2D eigenvalue weighted by molar-refractivity contribution is 7.17. The van der Waals surface area contributed by atoms with E-state index in [4.69, 9.17) is 23.2 Å². The first kappa shape index (κ1) is 19.5. The van der Waals surface area contributed by atoms with Crippen LogP contribution in [-0.4, -0.2) is 23.5 Å². The summed E-state index contributed by atoms with van der Waals surface area (Å²) in [7, 11) is 0. The molecule has 0 radical (unpaired) electrons. The Balaban J connectivity index is 2.31. The first-order chi connectivity index (χ1) is 11.6. The Bertz CT molecular complexity index is 824. The molecule has 11 heteroatoms. The van der Waals surface area contributed by atoms with E-state index < -0.39 is 33.8 Å². The van der Waals surface area contributed by atoms with Gasteiger partial charge >= 0.3 is 12.1 Å². The lowest BCUT2D eigenvalue weighted by Gasteiger charge is -2.05. The van der Waals surface area contributed by atoms with E-state index in [1.807, 2.05) is 0 Å². The Morgan fingerprint density at radius 3 is 2.52 bits per heavy atom. The van der Waals surface area contributed by atoms with Gasteiger partial charge in [0.15, 0.2) is 10.8 Å². The average molecular weight is 413 g/mol. The number of halogens is 5. The number of amides is 1. The molecule has 0 fully saturated rings. The van der Waals surface area contributed by atoms with E-state index in [0.717, 1.165) is 0 Å². The molecular formula is C14H9Cl2F3N2O3S. The van der Waals surface area contributed by atoms with E-state index in [1.54, 1.807) is 0 Å². The van der Waals surface area contributed by atoms with Crippen molar-refractivity contribution >= 4 is 51.5 Å². The molecule has 134 valence electrons. The third kappa shape index (κ3) is 4.62. The topological polar surface area (TPSA) is 68.3 Å². The van der Waals surface area contributed by atoms with Crippen LogP contribution < -0.4 is 5.32 Å². The zero-order valence-electron chi connectivity index (χ0n) is 12.4. The van der Waals surface area contributed by atoms with Gasteiger partial charge in [0.2, 0.25) is 0 Å². The van der Waals surface area contributed by atoms with Crippen LogP contribution in [0.1, 0.15) is 32.6 Å². The van der Waals surface area contributed by atoms with E-state index in [1.165, 1.54) is 25.1 Å². The van der Waals surface area contributed by atoms with Gasteiger partial charge in [-0.3, -0.25) is 10.1 Å². The number of thiazole rings is 1. The quantitative estimate of drug-likeness (QED) is 0.725. The summed E-state index contributed by atoms with van der Waals surface area (Å²) in [5.74, 6) is -1.92. The van der Waals surface area contributed by atoms with Crippen molar-refractivity contribution in [3.63, 3.8) is 0 Å². The Morgan fingerprint density at radius 1 is 1.28 bits per heavy atom. The molecule has 2 aromatic rings. The van der Waals surface area contributed by atoms with Crippen LogP contribution in [-0.2, 0) is 10.9 Å². The minimum atomic E-state index is -4.87. The number of rotatable bonds is 4. The van der Waals surface area contributed by atoms with E-state index in [-0.39, 0.29) is 22.2 Å². The summed E-state index contributed by atoms with van der Waals surface area (Å²) in [4.78, 5) is 26.3. The number of hydrogen-bond acceptors (Lipinski definition) is 5. The second-order valence-electron chi connectivity index (χ2n) is 4.50. The maximum atomic E-state index is 13.0. The molecule has 0 bridgehead atoms. The second kappa shape index (κ2) is 7.59. The number of nitrogens with zero attached hydrogens (tertiary/aromatic N) is 1. The van der Waals surface area contributed by atoms with Crippen molar-refractivity contribution in [1.82, 2.24) is 4.98 Å². The van der Waals surface area contributed by atoms with Crippen molar-refractivity contribution in [2.24, 2.45) is 0 Å². The van der Waals surface area contributed by atoms with Gasteiger partial charge in [-0.15, -0.1) is 0 Å². The van der Waals surface area contributed by atoms with Crippen LogP contribution in [0.2, 0.25) is 10.0 Å². The number of ether oxygens (including phenoxy) is 1. The molecule has 0 aliphatic carbocycles. The monoisotopic (exact) mass is 412 g/mol. The zero-order valence-corrected chi connectivity index (χ0v) is 14.7. The lowest BCUT2D eigenvalue weighted by Crippen LogP contribution is -2.14. The summed E-state index contributed by atoms with van der Waals surface area (Å²) >= 11 is 11.9. The number of nitrogens with one attached hydrogen (secondary N) is 1. The summed E-state index contributed by atoms with van der Waals surface area (Å²) in [6.45, 7) is 1.36. The number of esters is 1. The first-order valence-corrected chi connectivity index (χ1v) is 8.22. The van der Waals surface area contributed by atoms with Gasteiger partial charge in [-0.25, -0.2) is 9.78 Å². The van der Waals surface area contributed by atoms with Crippen molar-refractivity contribution in [2.75, 3.05) is 11.9 Å². The summed E-state index contributed by atoms with van der Waals surface area (Å²) in [5.41, 5.74) is -1.35. The van der Waals surface area contributed by atoms with Crippen molar-refractivity contribution in [3.05, 3.63) is 44.4 Å². The molecule has 1 N–H and O–H groups in total. The van der Waals surface area contributed by atoms with Crippen LogP contribution in [0.15, 0.2) is 18.2 Å². The van der Waals surface area contributed by atoms with Crippen LogP contribution in [0, 0.1) is 0 Å². The van der Waals surface area contributed by atoms with Gasteiger partial charge < -0.3 is 4.74 Å². The van der Waals surface area contributed by atoms with E-state index in [9.17, 15) is 22.8 Å². The number of carbonyl (C=O) groups is 2. The van der Waals surface area contributed by atoms with Crippen LogP contribution in [0.25, 0.3) is 0 Å². The third-order valence-corrected chi connectivity index (χ3v) is 4.45. The minimum Gasteiger partial charge on any atom is -0.462 e. The van der Waals surface area contributed by atoms with Crippen molar-refractivity contribution in [2.45, 2.75) is 13.1 Å². The van der Waals surface area contributed by atoms with Crippen LogP contribution in [0.3, 0.4) is 0 Å². The van der Waals surface area contributed by atoms with Crippen LogP contribution in [0.4, 0.5) is 18.3 Å². The molecule has 2 rings (SSSR count). The number of carbonyl (C=O) groups excluding carboxylic acids is 2. The van der Waals surface area contributed by atoms with Gasteiger partial charge in [0.05, 0.1) is 16.7 Å². The maximum absolute atomic E-state index is 13.0. The molecule has 1 aromatic carbocycles. The summed E-state index contributed by atoms with van der Waals surface area (Å²) in [5, 5.41) is 2.12. The molecule has 5 nitrogen and oxygen atoms in total. The number of hydrogen-bond donors (Lipinski definition) is 1. The molecule has 1 heterocycles. The van der Waals surface area contributed by atoms with Gasteiger partial charge in [-0.2, -0.15) is 13.2 Å². The third-order valence-electron chi connectivity index (χ3n) is 2.76. The van der Waals surface area contributed by atoms with Crippen molar-refractivity contribution < 1.29 is 27.5 Å². The zero-order chi connectivity index (χ0) is 18.8. The van der Waals surface area contributed by atoms with Gasteiger partial charge in [-0.1, -0.05) is 34.5 Å². The fourth-order valence-corrected chi connectivity index (χ4v) is 2.88. The highest BCUT2D eigenvalue weighted by atomic mass is 35.5. The van der Waals surface area contributed by atoms with E-state index >= 15 is 0 Å². The fraction of sp³-hybridized carbons (Fsp3) is 0.214. The Hall–Kier alpha value is -1.84. The number of benzene rings is 1. The smallest absolute Gasteiger partial charge is 0.435 e. The fourth-order valence-electron chi connectivity index (χ4n) is 1.71. The van der Waals surface area contributed by atoms with E-state index in [2.05, 4.69) is 15.0 Å². The molecule has 25 heavy (non-hydrogen) atoms. The molecule has 0 unspecified atom stereocenters. The standard InChI is InChI=1S/C14H9Cl2F3N2O3S/c1-2-24-12(23)9-10(14(17,18)19)20-13(25-9)21-11(22)6-3-4-7(15)8(16)5-6/h3-5H,2H2,1H3,(H,20,21,22). The molecule has 0 atom stereocenters. The lowest BCUT2D eigenvalue weighted by molar-refractivity contribution is -0.141. The Kier molecular flexibility index (Phi) is 5.91. The normalized spacial score (nSPS) is 11.3. The van der Waals surface area contributed by atoms with Crippen LogP contribution in [0.5, 0.6) is 0 Å². The molecular weight excluding hydrogens is 404 g/mol. The molecule has 0 saturated heterocycles. The van der Waals surface area contributed by atoms with Crippen LogP contribution >= 0.6 is 34.5 Å². The Labute approximate surface area is 153 Å². The SMILES string of the molecule is CCOC(=O)c1sc(NC(=O)c2ccc(Cl)c(Cl)c2)nc1C(F)(F)F. The molecule has 0 saturated carbocycles. The molecule has 1 aromatic heterocycles. The largest absolute Gasteiger partial charge is 0.462 e. The van der Waals surface area contributed by atoms with Crippen molar-refractivity contribution in [1.29, 1.82) is 0 Å². The number of alkyl halides is 3. The predicted molar refractivity (Wildman–Crippen MR) is 87.5 cm³/mol. The Morgan fingerprint density at radius 2 is 1.96 bits per heavy atom. The highest BCUT2D eigenvalue weighted by Gasteiger charge is 2.40. The number of anilines is 1. The molecule has 0 aliphatic heterocycles. The van der Waals surface area contributed by atoms with Gasteiger partial charge in [0.1, 0.15) is 4.88 Å². The van der Waals surface area contributed by atoms with Gasteiger partial charge in [-0.05, 0) is 25.1 Å². The average Bonchev–Trinajstić information content (AvgIpc) is 2.94. The minimum absolute atomic E-state index is 0.0656. The van der Waals surface area contributed by atoms with E-state index in [0.29, 0.717) is 11.3 Å². The molecule has 1 amide bonds. The lowest BCUT2D eigenvalue weighted by atomic mass is 10.2. The van der Waals surface area contributed by atoms with Crippen molar-refractivity contribution in [3.8, 4) is 0 Å². The second-order valence-corrected chi connectivity index (χ2v) is 6.31.